The molecule has 0 aromatic rings. The van der Waals surface area contributed by atoms with Crippen molar-refractivity contribution in [3.63, 3.8) is 0 Å². The number of urea groups is 1. The smallest absolute Gasteiger partial charge is 0.296 e. The second kappa shape index (κ2) is 6.45. The summed E-state index contributed by atoms with van der Waals surface area (Å²) < 4.78 is 0. The molecule has 0 N–H and O–H groups in total. The minimum Gasteiger partial charge on any atom is -0.296 e. The molecule has 0 aromatic heterocycles. The van der Waals surface area contributed by atoms with E-state index in [0.717, 1.165) is 22.6 Å². The number of rotatable bonds is 5. The van der Waals surface area contributed by atoms with Crippen molar-refractivity contribution in [2.24, 2.45) is 16.8 Å². The van der Waals surface area contributed by atoms with Crippen molar-refractivity contribution in [3.8, 4) is 0 Å². The van der Waals surface area contributed by atoms with Gasteiger partial charge in [-0.3, -0.25) is 24.4 Å². The van der Waals surface area contributed by atoms with Crippen molar-refractivity contribution in [3.05, 3.63) is 0 Å². The van der Waals surface area contributed by atoms with Crippen LogP contribution in [0.3, 0.4) is 0 Å². The van der Waals surface area contributed by atoms with Crippen LogP contribution in [0, 0.1) is 11.8 Å². The summed E-state index contributed by atoms with van der Waals surface area (Å²) in [4.78, 5) is 41.2. The lowest BCUT2D eigenvalue weighted by atomic mass is 10.1. The zero-order chi connectivity index (χ0) is 14.6. The summed E-state index contributed by atoms with van der Waals surface area (Å²) >= 11 is 0. The molecule has 1 heterocycles. The SMILES string of the molecule is CC(C)CCCN=CC1C(=O)N(C)C(=O)N(C)C1=O. The Bertz CT molecular complexity index is 380. The standard InChI is InChI=1S/C13H21N3O3/c1-9(2)6-5-7-14-8-10-11(17)15(3)13(19)16(4)12(10)18/h8-10H,5-7H2,1-4H3. The molecule has 0 spiro atoms. The summed E-state index contributed by atoms with van der Waals surface area (Å²) in [5.74, 6) is -1.38. The predicted octanol–water partition coefficient (Wildman–Crippen LogP) is 1.16. The van der Waals surface area contributed by atoms with Crippen LogP contribution in [0.5, 0.6) is 0 Å². The van der Waals surface area contributed by atoms with Crippen LogP contribution >= 0.6 is 0 Å². The summed E-state index contributed by atoms with van der Waals surface area (Å²) in [6, 6.07) is -0.598. The summed E-state index contributed by atoms with van der Waals surface area (Å²) in [5, 5.41) is 0. The second-order valence-corrected chi connectivity index (χ2v) is 5.15. The highest BCUT2D eigenvalue weighted by atomic mass is 16.2. The molecule has 0 unspecified atom stereocenters. The Hall–Kier alpha value is -1.72. The van der Waals surface area contributed by atoms with Crippen LogP contribution in [0.15, 0.2) is 4.99 Å². The van der Waals surface area contributed by atoms with Crippen molar-refractivity contribution < 1.29 is 14.4 Å². The first-order chi connectivity index (χ1) is 8.86. The fourth-order valence-electron chi connectivity index (χ4n) is 1.83. The minimum absolute atomic E-state index is 0.513. The molecule has 0 saturated carbocycles. The van der Waals surface area contributed by atoms with Gasteiger partial charge < -0.3 is 0 Å². The van der Waals surface area contributed by atoms with Crippen molar-refractivity contribution in [1.82, 2.24) is 9.80 Å². The van der Waals surface area contributed by atoms with Gasteiger partial charge in [-0.2, -0.15) is 0 Å². The van der Waals surface area contributed by atoms with Gasteiger partial charge in [0.05, 0.1) is 0 Å². The van der Waals surface area contributed by atoms with Gasteiger partial charge in [0.25, 0.3) is 0 Å². The molecule has 6 nitrogen and oxygen atoms in total. The Labute approximate surface area is 113 Å². The number of amides is 4. The van der Waals surface area contributed by atoms with Crippen LogP contribution in [0.4, 0.5) is 4.79 Å². The monoisotopic (exact) mass is 267 g/mol. The normalized spacial score (nSPS) is 18.3. The molecule has 0 atom stereocenters. The molecular formula is C13H21N3O3. The van der Waals surface area contributed by atoms with Gasteiger partial charge in [0, 0.05) is 26.9 Å². The molecule has 0 aliphatic carbocycles. The van der Waals surface area contributed by atoms with Crippen LogP contribution in [0.2, 0.25) is 0 Å². The van der Waals surface area contributed by atoms with Crippen LogP contribution < -0.4 is 0 Å². The lowest BCUT2D eigenvalue weighted by Crippen LogP contribution is -2.57. The third kappa shape index (κ3) is 3.62. The first-order valence-corrected chi connectivity index (χ1v) is 6.45. The Kier molecular flexibility index (Phi) is 5.20. The van der Waals surface area contributed by atoms with E-state index in [1.165, 1.54) is 20.3 Å². The maximum Gasteiger partial charge on any atom is 0.332 e. The van der Waals surface area contributed by atoms with Gasteiger partial charge in [0.2, 0.25) is 11.8 Å². The van der Waals surface area contributed by atoms with Crippen LogP contribution in [-0.4, -0.2) is 54.5 Å². The predicted molar refractivity (Wildman–Crippen MR) is 71.9 cm³/mol. The molecule has 19 heavy (non-hydrogen) atoms. The Morgan fingerprint density at radius 3 is 2.16 bits per heavy atom. The van der Waals surface area contributed by atoms with Crippen molar-refractivity contribution in [1.29, 1.82) is 0 Å². The molecule has 4 amide bonds. The summed E-state index contributed by atoms with van der Waals surface area (Å²) in [6.07, 6.45) is 3.35. The van der Waals surface area contributed by atoms with Gasteiger partial charge in [0.15, 0.2) is 5.92 Å². The summed E-state index contributed by atoms with van der Waals surface area (Å²) in [5.41, 5.74) is 0. The maximum absolute atomic E-state index is 11.8. The Morgan fingerprint density at radius 2 is 1.68 bits per heavy atom. The second-order valence-electron chi connectivity index (χ2n) is 5.15. The topological polar surface area (TPSA) is 70.1 Å². The van der Waals surface area contributed by atoms with Crippen molar-refractivity contribution in [2.75, 3.05) is 20.6 Å². The van der Waals surface area contributed by atoms with E-state index in [9.17, 15) is 14.4 Å². The first kappa shape index (κ1) is 15.3. The first-order valence-electron chi connectivity index (χ1n) is 6.45. The molecule has 1 rings (SSSR count). The zero-order valence-electron chi connectivity index (χ0n) is 11.9. The number of carbonyl (C=O) groups is 3. The lowest BCUT2D eigenvalue weighted by molar-refractivity contribution is -0.144. The molecule has 106 valence electrons. The molecule has 0 bridgehead atoms. The van der Waals surface area contributed by atoms with Crippen LogP contribution in [0.25, 0.3) is 0 Å². The van der Waals surface area contributed by atoms with E-state index in [0.29, 0.717) is 12.5 Å². The number of imide groups is 2. The Morgan fingerprint density at radius 1 is 1.16 bits per heavy atom. The van der Waals surface area contributed by atoms with Gasteiger partial charge in [0.1, 0.15) is 0 Å². The van der Waals surface area contributed by atoms with E-state index < -0.39 is 23.8 Å². The lowest BCUT2D eigenvalue weighted by Gasteiger charge is -2.31. The highest BCUT2D eigenvalue weighted by Crippen LogP contribution is 2.13. The third-order valence-electron chi connectivity index (χ3n) is 3.09. The van der Waals surface area contributed by atoms with E-state index in [1.807, 2.05) is 0 Å². The number of hydrogen-bond acceptors (Lipinski definition) is 4. The van der Waals surface area contributed by atoms with Gasteiger partial charge in [-0.25, -0.2) is 4.79 Å². The average Bonchev–Trinajstić information content (AvgIpc) is 2.37. The van der Waals surface area contributed by atoms with Gasteiger partial charge in [-0.1, -0.05) is 13.8 Å². The van der Waals surface area contributed by atoms with Crippen LogP contribution in [0.1, 0.15) is 26.7 Å². The average molecular weight is 267 g/mol. The molecule has 1 aliphatic rings. The number of barbiturate groups is 1. The minimum atomic E-state index is -0.966. The highest BCUT2D eigenvalue weighted by Gasteiger charge is 2.41. The molecule has 6 heteroatoms. The number of aliphatic imine (C=N–C) groups is 1. The van der Waals surface area contributed by atoms with E-state index in [4.69, 9.17) is 0 Å². The fourth-order valence-corrected chi connectivity index (χ4v) is 1.83. The number of carbonyl (C=O) groups excluding carboxylic acids is 3. The molecule has 0 radical (unpaired) electrons. The van der Waals surface area contributed by atoms with E-state index in [-0.39, 0.29) is 0 Å². The highest BCUT2D eigenvalue weighted by molar-refractivity contribution is 6.23. The molecule has 1 fully saturated rings. The van der Waals surface area contributed by atoms with Crippen LogP contribution in [-0.2, 0) is 9.59 Å². The fraction of sp³-hybridized carbons (Fsp3) is 0.692. The Balaban J connectivity index is 2.61. The van der Waals surface area contributed by atoms with E-state index in [1.54, 1.807) is 0 Å². The number of hydrogen-bond donors (Lipinski definition) is 0. The van der Waals surface area contributed by atoms with Crippen molar-refractivity contribution >= 4 is 24.1 Å². The summed E-state index contributed by atoms with van der Waals surface area (Å²) in [7, 11) is 2.74. The van der Waals surface area contributed by atoms with Crippen molar-refractivity contribution in [2.45, 2.75) is 26.7 Å². The molecule has 0 aromatic carbocycles. The van der Waals surface area contributed by atoms with E-state index >= 15 is 0 Å². The van der Waals surface area contributed by atoms with E-state index in [2.05, 4.69) is 18.8 Å². The zero-order valence-corrected chi connectivity index (χ0v) is 11.9. The maximum atomic E-state index is 11.8. The largest absolute Gasteiger partial charge is 0.332 e. The van der Waals surface area contributed by atoms with Gasteiger partial charge >= 0.3 is 6.03 Å². The quantitative estimate of drug-likeness (QED) is 0.426. The summed E-state index contributed by atoms with van der Waals surface area (Å²) in [6.45, 7) is 4.86. The molecular weight excluding hydrogens is 246 g/mol. The number of nitrogens with zero attached hydrogens (tertiary/aromatic N) is 3. The molecule has 1 aliphatic heterocycles. The molecule has 1 saturated heterocycles. The van der Waals surface area contributed by atoms with Gasteiger partial charge in [-0.05, 0) is 18.8 Å². The van der Waals surface area contributed by atoms with Gasteiger partial charge in [-0.15, -0.1) is 0 Å². The third-order valence-corrected chi connectivity index (χ3v) is 3.09.